The smallest absolute Gasteiger partial charge is 0.291 e. The Kier molecular flexibility index (Phi) is 5.20. The van der Waals surface area contributed by atoms with E-state index in [1.165, 1.54) is 17.4 Å². The second-order valence-electron chi connectivity index (χ2n) is 8.10. The number of hydrogen-bond donors (Lipinski definition) is 1. The van der Waals surface area contributed by atoms with Crippen LogP contribution in [0, 0.1) is 0 Å². The Morgan fingerprint density at radius 2 is 1.71 bits per heavy atom. The molecule has 1 aromatic heterocycles. The van der Waals surface area contributed by atoms with E-state index in [1.54, 1.807) is 18.2 Å². The maximum absolute atomic E-state index is 13.4. The van der Waals surface area contributed by atoms with Gasteiger partial charge in [-0.15, -0.1) is 0 Å². The second kappa shape index (κ2) is 8.30. The molecule has 0 atom stereocenters. The van der Waals surface area contributed by atoms with Crippen molar-refractivity contribution in [2.24, 2.45) is 0 Å². The lowest BCUT2D eigenvalue weighted by Gasteiger charge is -2.33. The largest absolute Gasteiger partial charge is 0.459 e. The molecule has 0 unspecified atom stereocenters. The van der Waals surface area contributed by atoms with Crippen molar-refractivity contribution >= 4 is 23.2 Å². The number of likely N-dealkylation sites (tertiary alicyclic amines) is 1. The molecule has 31 heavy (non-hydrogen) atoms. The summed E-state index contributed by atoms with van der Waals surface area (Å²) in [5, 5.41) is 2.85. The van der Waals surface area contributed by atoms with Crippen molar-refractivity contribution in [2.75, 3.05) is 29.9 Å². The van der Waals surface area contributed by atoms with E-state index in [9.17, 15) is 9.59 Å². The maximum Gasteiger partial charge on any atom is 0.291 e. The van der Waals surface area contributed by atoms with E-state index in [4.69, 9.17) is 4.42 Å². The third kappa shape index (κ3) is 3.93. The summed E-state index contributed by atoms with van der Waals surface area (Å²) >= 11 is 0. The minimum absolute atomic E-state index is 0.0282. The molecule has 2 aliphatic rings. The average Bonchev–Trinajstić information content (AvgIpc) is 3.53. The number of hydrogen-bond acceptors (Lipinski definition) is 4. The Hall–Kier alpha value is -3.54. The second-order valence-corrected chi connectivity index (χ2v) is 8.10. The molecule has 0 saturated carbocycles. The number of benzene rings is 2. The molecule has 158 valence electrons. The van der Waals surface area contributed by atoms with Crippen LogP contribution >= 0.6 is 0 Å². The fourth-order valence-corrected chi connectivity index (χ4v) is 4.45. The van der Waals surface area contributed by atoms with Crippen LogP contribution in [0.4, 0.5) is 11.4 Å². The van der Waals surface area contributed by atoms with Crippen LogP contribution < -0.4 is 10.2 Å². The molecule has 0 aliphatic carbocycles. The molecule has 0 spiro atoms. The van der Waals surface area contributed by atoms with Crippen LogP contribution in [0.15, 0.2) is 65.3 Å². The first-order valence-electron chi connectivity index (χ1n) is 10.8. The van der Waals surface area contributed by atoms with E-state index in [2.05, 4.69) is 34.5 Å². The van der Waals surface area contributed by atoms with Gasteiger partial charge in [-0.3, -0.25) is 9.59 Å². The van der Waals surface area contributed by atoms with Gasteiger partial charge in [0.25, 0.3) is 11.8 Å². The molecule has 2 amide bonds. The first-order chi connectivity index (χ1) is 15.2. The molecule has 0 radical (unpaired) electrons. The van der Waals surface area contributed by atoms with Gasteiger partial charge < -0.3 is 19.5 Å². The molecule has 0 bridgehead atoms. The summed E-state index contributed by atoms with van der Waals surface area (Å²) in [5.41, 5.74) is 4.81. The predicted molar refractivity (Wildman–Crippen MR) is 119 cm³/mol. The Bertz CT molecular complexity index is 1100. The van der Waals surface area contributed by atoms with Crippen molar-refractivity contribution in [3.63, 3.8) is 0 Å². The Balaban J connectivity index is 1.46. The molecule has 1 N–H and O–H groups in total. The highest BCUT2D eigenvalue weighted by atomic mass is 16.3. The molecule has 1 fully saturated rings. The normalized spacial score (nSPS) is 15.6. The van der Waals surface area contributed by atoms with Crippen LogP contribution in [0.25, 0.3) is 0 Å². The summed E-state index contributed by atoms with van der Waals surface area (Å²) in [4.78, 5) is 30.0. The molecule has 3 heterocycles. The summed E-state index contributed by atoms with van der Waals surface area (Å²) in [6, 6.07) is 17.4. The lowest BCUT2D eigenvalue weighted by atomic mass is 9.98. The first kappa shape index (κ1) is 19.4. The summed E-state index contributed by atoms with van der Waals surface area (Å²) < 4.78 is 5.18. The van der Waals surface area contributed by atoms with E-state index >= 15 is 0 Å². The minimum Gasteiger partial charge on any atom is -0.459 e. The van der Waals surface area contributed by atoms with Crippen LogP contribution in [0.1, 0.15) is 44.9 Å². The topological polar surface area (TPSA) is 65.8 Å². The Labute approximate surface area is 181 Å². The number of nitrogens with zero attached hydrogens (tertiary/aromatic N) is 2. The fraction of sp³-hybridized carbons (Fsp3) is 0.280. The molecule has 3 aromatic rings. The minimum atomic E-state index is -0.329. The lowest BCUT2D eigenvalue weighted by Crippen LogP contribution is -2.34. The molecular weight excluding hydrogens is 390 g/mol. The number of anilines is 2. The number of furan rings is 1. The monoisotopic (exact) mass is 415 g/mol. The molecule has 2 aliphatic heterocycles. The number of fused-ring (bicyclic) bond motifs is 1. The van der Waals surface area contributed by atoms with Crippen molar-refractivity contribution < 1.29 is 14.0 Å². The molecule has 2 aromatic carbocycles. The number of nitrogens with one attached hydrogen (secondary N) is 1. The zero-order valence-corrected chi connectivity index (χ0v) is 17.3. The van der Waals surface area contributed by atoms with E-state index in [1.807, 2.05) is 17.0 Å². The molecule has 6 heteroatoms. The zero-order chi connectivity index (χ0) is 21.2. The van der Waals surface area contributed by atoms with E-state index < -0.39 is 0 Å². The van der Waals surface area contributed by atoms with Crippen LogP contribution in [0.2, 0.25) is 0 Å². The van der Waals surface area contributed by atoms with Crippen LogP contribution in [0.5, 0.6) is 0 Å². The highest BCUT2D eigenvalue weighted by Gasteiger charge is 2.26. The van der Waals surface area contributed by atoms with Gasteiger partial charge in [0.1, 0.15) is 0 Å². The van der Waals surface area contributed by atoms with Gasteiger partial charge in [-0.1, -0.05) is 24.3 Å². The highest BCUT2D eigenvalue weighted by Crippen LogP contribution is 2.31. The van der Waals surface area contributed by atoms with Gasteiger partial charge in [0.2, 0.25) is 0 Å². The highest BCUT2D eigenvalue weighted by molar-refractivity contribution is 6.05. The zero-order valence-electron chi connectivity index (χ0n) is 17.3. The van der Waals surface area contributed by atoms with E-state index in [-0.39, 0.29) is 17.6 Å². The Morgan fingerprint density at radius 1 is 0.903 bits per heavy atom. The third-order valence-corrected chi connectivity index (χ3v) is 6.09. The first-order valence-corrected chi connectivity index (χ1v) is 10.8. The molecule has 5 rings (SSSR count). The number of carbonyl (C=O) groups excluding carboxylic acids is 2. The van der Waals surface area contributed by atoms with Gasteiger partial charge in [-0.05, 0) is 60.7 Å². The van der Waals surface area contributed by atoms with Gasteiger partial charge >= 0.3 is 0 Å². The average molecular weight is 415 g/mol. The van der Waals surface area contributed by atoms with Crippen molar-refractivity contribution in [2.45, 2.75) is 25.8 Å². The van der Waals surface area contributed by atoms with Gasteiger partial charge in [0.15, 0.2) is 5.76 Å². The fourth-order valence-electron chi connectivity index (χ4n) is 4.45. The van der Waals surface area contributed by atoms with Gasteiger partial charge in [0.05, 0.1) is 11.8 Å². The van der Waals surface area contributed by atoms with E-state index in [0.717, 1.165) is 51.1 Å². The predicted octanol–water partition coefficient (Wildman–Crippen LogP) is 4.33. The lowest BCUT2D eigenvalue weighted by molar-refractivity contribution is 0.0793. The van der Waals surface area contributed by atoms with Crippen molar-refractivity contribution in [1.82, 2.24) is 4.90 Å². The number of carbonyl (C=O) groups is 2. The SMILES string of the molecule is O=C(Nc1ccc(N2CCc3ccccc3C2)c(C(=O)N2CCCC2)c1)c1ccco1. The Morgan fingerprint density at radius 3 is 2.48 bits per heavy atom. The summed E-state index contributed by atoms with van der Waals surface area (Å²) in [5.74, 6) is -0.0613. The van der Waals surface area contributed by atoms with Crippen molar-refractivity contribution in [3.05, 3.63) is 83.3 Å². The van der Waals surface area contributed by atoms with Crippen LogP contribution in [-0.2, 0) is 13.0 Å². The summed E-state index contributed by atoms with van der Waals surface area (Å²) in [6.07, 6.45) is 4.49. The third-order valence-electron chi connectivity index (χ3n) is 6.09. The van der Waals surface area contributed by atoms with E-state index in [0.29, 0.717) is 11.3 Å². The van der Waals surface area contributed by atoms with Gasteiger partial charge in [-0.25, -0.2) is 0 Å². The van der Waals surface area contributed by atoms with Gasteiger partial charge in [-0.2, -0.15) is 0 Å². The van der Waals surface area contributed by atoms with Gasteiger partial charge in [0, 0.05) is 37.6 Å². The maximum atomic E-state index is 13.4. The van der Waals surface area contributed by atoms with Crippen LogP contribution in [0.3, 0.4) is 0 Å². The molecule has 6 nitrogen and oxygen atoms in total. The number of amides is 2. The van der Waals surface area contributed by atoms with Crippen LogP contribution in [-0.4, -0.2) is 36.3 Å². The quantitative estimate of drug-likeness (QED) is 0.689. The summed E-state index contributed by atoms with van der Waals surface area (Å²) in [7, 11) is 0. The van der Waals surface area contributed by atoms with Crippen molar-refractivity contribution in [3.8, 4) is 0 Å². The number of rotatable bonds is 4. The molecular formula is C25H25N3O3. The standard InChI is InChI=1S/C25H25N3O3/c29-24(23-8-5-15-31-23)26-20-9-10-22(21(16-20)25(30)27-12-3-4-13-27)28-14-11-18-6-1-2-7-19(18)17-28/h1-2,5-10,15-16H,3-4,11-14,17H2,(H,26,29). The summed E-state index contributed by atoms with van der Waals surface area (Å²) in [6.45, 7) is 3.19. The molecule has 1 saturated heterocycles. The van der Waals surface area contributed by atoms with Crippen molar-refractivity contribution in [1.29, 1.82) is 0 Å².